The van der Waals surface area contributed by atoms with Crippen LogP contribution in [0, 0.1) is 0 Å². The first-order chi connectivity index (χ1) is 15.5. The molecule has 0 bridgehead atoms. The molecular weight excluding hydrogens is 424 g/mol. The molecule has 1 saturated carbocycles. The molecule has 7 heteroatoms. The van der Waals surface area contributed by atoms with Crippen molar-refractivity contribution in [3.63, 3.8) is 0 Å². The van der Waals surface area contributed by atoms with Crippen LogP contribution in [0.25, 0.3) is 0 Å². The quantitative estimate of drug-likeness (QED) is 0.596. The van der Waals surface area contributed by atoms with E-state index >= 15 is 0 Å². The molecule has 174 valence electrons. The molecule has 1 atom stereocenters. The summed E-state index contributed by atoms with van der Waals surface area (Å²) in [5.74, 6) is 1.65. The van der Waals surface area contributed by atoms with Gasteiger partial charge in [-0.25, -0.2) is 8.42 Å². The Labute approximate surface area is 192 Å². The third-order valence-electron chi connectivity index (χ3n) is 6.57. The SMILES string of the molecule is CCS(=O)(=O)N1CCN(c2ccc(OC)c(OC3CCCC3)c2)CC1Cc1ccccc1. The van der Waals surface area contributed by atoms with E-state index in [1.165, 1.54) is 12.8 Å². The molecule has 2 aliphatic rings. The van der Waals surface area contributed by atoms with Crippen LogP contribution in [0.15, 0.2) is 48.5 Å². The van der Waals surface area contributed by atoms with Gasteiger partial charge in [0.05, 0.1) is 19.0 Å². The Morgan fingerprint density at radius 2 is 1.75 bits per heavy atom. The Balaban J connectivity index is 1.57. The molecule has 1 unspecified atom stereocenters. The summed E-state index contributed by atoms with van der Waals surface area (Å²) in [6.45, 7) is 3.50. The summed E-state index contributed by atoms with van der Waals surface area (Å²) in [6, 6.07) is 16.1. The predicted molar refractivity (Wildman–Crippen MR) is 128 cm³/mol. The molecule has 2 fully saturated rings. The van der Waals surface area contributed by atoms with Crippen molar-refractivity contribution in [3.05, 3.63) is 54.1 Å². The van der Waals surface area contributed by atoms with E-state index in [2.05, 4.69) is 23.1 Å². The van der Waals surface area contributed by atoms with E-state index in [0.29, 0.717) is 26.1 Å². The number of anilines is 1. The zero-order chi connectivity index (χ0) is 22.6. The minimum atomic E-state index is -3.27. The second-order valence-corrected chi connectivity index (χ2v) is 10.9. The number of benzene rings is 2. The number of methoxy groups -OCH3 is 1. The smallest absolute Gasteiger partial charge is 0.214 e. The van der Waals surface area contributed by atoms with Gasteiger partial charge in [0.1, 0.15) is 0 Å². The van der Waals surface area contributed by atoms with Crippen LogP contribution in [-0.4, -0.2) is 57.4 Å². The van der Waals surface area contributed by atoms with Gasteiger partial charge >= 0.3 is 0 Å². The van der Waals surface area contributed by atoms with Crippen molar-refractivity contribution in [1.29, 1.82) is 0 Å². The lowest BCUT2D eigenvalue weighted by Gasteiger charge is -2.41. The first kappa shape index (κ1) is 22.9. The summed E-state index contributed by atoms with van der Waals surface area (Å²) in [7, 11) is -1.60. The van der Waals surface area contributed by atoms with Gasteiger partial charge in [-0.3, -0.25) is 0 Å². The van der Waals surface area contributed by atoms with Crippen LogP contribution in [0.4, 0.5) is 5.69 Å². The normalized spacial score (nSPS) is 20.4. The lowest BCUT2D eigenvalue weighted by atomic mass is 10.0. The summed E-state index contributed by atoms with van der Waals surface area (Å²) in [6.07, 6.45) is 5.53. The average Bonchev–Trinajstić information content (AvgIpc) is 3.32. The molecule has 1 aliphatic heterocycles. The van der Waals surface area contributed by atoms with Crippen LogP contribution in [0.3, 0.4) is 0 Å². The number of rotatable bonds is 8. The summed E-state index contributed by atoms with van der Waals surface area (Å²) >= 11 is 0. The van der Waals surface area contributed by atoms with Crippen LogP contribution >= 0.6 is 0 Å². The third-order valence-corrected chi connectivity index (χ3v) is 8.50. The maximum Gasteiger partial charge on any atom is 0.214 e. The van der Waals surface area contributed by atoms with Gasteiger partial charge in [0.2, 0.25) is 10.0 Å². The van der Waals surface area contributed by atoms with Gasteiger partial charge in [-0.1, -0.05) is 30.3 Å². The fourth-order valence-corrected chi connectivity index (χ4v) is 6.08. The molecule has 1 heterocycles. The molecule has 4 rings (SSSR count). The van der Waals surface area contributed by atoms with Crippen LogP contribution in [0.1, 0.15) is 38.2 Å². The predicted octanol–water partition coefficient (Wildman–Crippen LogP) is 4.10. The molecule has 0 aromatic heterocycles. The Hall–Kier alpha value is -2.25. The van der Waals surface area contributed by atoms with E-state index in [9.17, 15) is 8.42 Å². The molecule has 1 aliphatic carbocycles. The van der Waals surface area contributed by atoms with Crippen LogP contribution in [-0.2, 0) is 16.4 Å². The summed E-state index contributed by atoms with van der Waals surface area (Å²) < 4.78 is 39.1. The summed E-state index contributed by atoms with van der Waals surface area (Å²) in [5, 5.41) is 0. The van der Waals surface area contributed by atoms with Crippen molar-refractivity contribution in [3.8, 4) is 11.5 Å². The zero-order valence-corrected chi connectivity index (χ0v) is 19.9. The van der Waals surface area contributed by atoms with E-state index in [1.807, 2.05) is 30.3 Å². The lowest BCUT2D eigenvalue weighted by Crippen LogP contribution is -2.56. The number of piperazine rings is 1. The molecule has 0 amide bonds. The van der Waals surface area contributed by atoms with Crippen molar-refractivity contribution in [1.82, 2.24) is 4.31 Å². The summed E-state index contributed by atoms with van der Waals surface area (Å²) in [4.78, 5) is 2.27. The monoisotopic (exact) mass is 458 g/mol. The van der Waals surface area contributed by atoms with Gasteiger partial charge in [0.25, 0.3) is 0 Å². The van der Waals surface area contributed by atoms with Crippen molar-refractivity contribution >= 4 is 15.7 Å². The molecule has 0 radical (unpaired) electrons. The first-order valence-corrected chi connectivity index (χ1v) is 13.2. The zero-order valence-electron chi connectivity index (χ0n) is 19.1. The van der Waals surface area contributed by atoms with Crippen LogP contribution in [0.5, 0.6) is 11.5 Å². The molecule has 0 N–H and O–H groups in total. The lowest BCUT2D eigenvalue weighted by molar-refractivity contribution is 0.200. The third kappa shape index (κ3) is 5.21. The van der Waals surface area contributed by atoms with Crippen LogP contribution < -0.4 is 14.4 Å². The number of sulfonamides is 1. The number of hydrogen-bond donors (Lipinski definition) is 0. The van der Waals surface area contributed by atoms with E-state index in [-0.39, 0.29) is 17.9 Å². The van der Waals surface area contributed by atoms with Gasteiger partial charge < -0.3 is 14.4 Å². The highest BCUT2D eigenvalue weighted by atomic mass is 32.2. The van der Waals surface area contributed by atoms with Gasteiger partial charge in [-0.2, -0.15) is 4.31 Å². The number of ether oxygens (including phenoxy) is 2. The Bertz CT molecular complexity index is 990. The molecule has 1 saturated heterocycles. The maximum atomic E-state index is 12.8. The second kappa shape index (κ2) is 10.1. The van der Waals surface area contributed by atoms with E-state index in [0.717, 1.165) is 35.6 Å². The first-order valence-electron chi connectivity index (χ1n) is 11.6. The second-order valence-electron chi connectivity index (χ2n) is 8.66. The van der Waals surface area contributed by atoms with Crippen molar-refractivity contribution < 1.29 is 17.9 Å². The molecular formula is C25H34N2O4S. The van der Waals surface area contributed by atoms with Gasteiger partial charge in [0.15, 0.2) is 11.5 Å². The Kier molecular flexibility index (Phi) is 7.26. The molecule has 6 nitrogen and oxygen atoms in total. The molecule has 2 aromatic rings. The molecule has 32 heavy (non-hydrogen) atoms. The highest BCUT2D eigenvalue weighted by molar-refractivity contribution is 7.89. The van der Waals surface area contributed by atoms with Gasteiger partial charge in [-0.15, -0.1) is 0 Å². The van der Waals surface area contributed by atoms with Crippen molar-refractivity contribution in [2.75, 3.05) is 37.4 Å². The molecule has 2 aromatic carbocycles. The summed E-state index contributed by atoms with van der Waals surface area (Å²) in [5.41, 5.74) is 2.20. The fraction of sp³-hybridized carbons (Fsp3) is 0.520. The van der Waals surface area contributed by atoms with E-state index in [4.69, 9.17) is 9.47 Å². The van der Waals surface area contributed by atoms with Gasteiger partial charge in [0, 0.05) is 37.4 Å². The van der Waals surface area contributed by atoms with E-state index < -0.39 is 10.0 Å². The minimum Gasteiger partial charge on any atom is -0.493 e. The Morgan fingerprint density at radius 1 is 1.00 bits per heavy atom. The standard InChI is InChI=1S/C25H34N2O4S/c1-3-32(28,29)27-16-15-26(19-22(27)17-20-9-5-4-6-10-20)21-13-14-24(30-2)25(18-21)31-23-11-7-8-12-23/h4-6,9-10,13-14,18,22-23H,3,7-8,11-12,15-17,19H2,1-2H3. The largest absolute Gasteiger partial charge is 0.493 e. The highest BCUT2D eigenvalue weighted by Crippen LogP contribution is 2.36. The number of hydrogen-bond acceptors (Lipinski definition) is 5. The fourth-order valence-electron chi connectivity index (χ4n) is 4.80. The van der Waals surface area contributed by atoms with Crippen molar-refractivity contribution in [2.24, 2.45) is 0 Å². The molecule has 0 spiro atoms. The highest BCUT2D eigenvalue weighted by Gasteiger charge is 2.34. The topological polar surface area (TPSA) is 59.1 Å². The minimum absolute atomic E-state index is 0.114. The number of nitrogens with zero attached hydrogens (tertiary/aromatic N) is 2. The average molecular weight is 459 g/mol. The van der Waals surface area contributed by atoms with Gasteiger partial charge in [-0.05, 0) is 56.7 Å². The van der Waals surface area contributed by atoms with Crippen molar-refractivity contribution in [2.45, 2.75) is 51.2 Å². The Morgan fingerprint density at radius 3 is 2.44 bits per heavy atom. The van der Waals surface area contributed by atoms with Crippen LogP contribution in [0.2, 0.25) is 0 Å². The van der Waals surface area contributed by atoms with E-state index in [1.54, 1.807) is 18.3 Å². The maximum absolute atomic E-state index is 12.8.